The largest absolute Gasteiger partial charge is 0.479 e. The van der Waals surface area contributed by atoms with E-state index in [1.165, 1.54) is 7.11 Å². The summed E-state index contributed by atoms with van der Waals surface area (Å²) in [6.45, 7) is 5.23. The van der Waals surface area contributed by atoms with Crippen LogP contribution in [0.2, 0.25) is 5.02 Å². The van der Waals surface area contributed by atoms with Crippen LogP contribution in [0, 0.1) is 5.92 Å². The number of amides is 1. The van der Waals surface area contributed by atoms with E-state index >= 15 is 0 Å². The maximum absolute atomic E-state index is 12.1. The highest BCUT2D eigenvalue weighted by Crippen LogP contribution is 2.24. The molecule has 0 aliphatic rings. The molecule has 0 saturated carbocycles. The second-order valence-electron chi connectivity index (χ2n) is 4.94. The highest BCUT2D eigenvalue weighted by molar-refractivity contribution is 6.32. The van der Waals surface area contributed by atoms with Crippen LogP contribution >= 0.6 is 11.6 Å². The normalized spacial score (nSPS) is 13.4. The number of benzene rings is 1. The van der Waals surface area contributed by atoms with E-state index in [2.05, 4.69) is 10.1 Å². The van der Waals surface area contributed by atoms with Crippen LogP contribution in [0.1, 0.15) is 20.8 Å². The Morgan fingerprint density at radius 2 is 1.81 bits per heavy atom. The van der Waals surface area contributed by atoms with Crippen molar-refractivity contribution in [2.75, 3.05) is 7.11 Å². The predicted molar refractivity (Wildman–Crippen MR) is 80.3 cm³/mol. The Morgan fingerprint density at radius 1 is 1.19 bits per heavy atom. The first-order valence-electron chi connectivity index (χ1n) is 6.66. The first-order valence-corrected chi connectivity index (χ1v) is 7.04. The van der Waals surface area contributed by atoms with Gasteiger partial charge in [-0.15, -0.1) is 0 Å². The molecule has 0 radical (unpaired) electrons. The zero-order chi connectivity index (χ0) is 16.0. The molecule has 0 bridgehead atoms. The Morgan fingerprint density at radius 3 is 2.33 bits per heavy atom. The molecule has 0 saturated heterocycles. The lowest BCUT2D eigenvalue weighted by Gasteiger charge is -2.22. The zero-order valence-electron chi connectivity index (χ0n) is 12.6. The molecule has 116 valence electrons. The first-order chi connectivity index (χ1) is 9.86. The van der Waals surface area contributed by atoms with Crippen molar-refractivity contribution in [3.05, 3.63) is 29.3 Å². The van der Waals surface area contributed by atoms with Crippen molar-refractivity contribution >= 4 is 23.5 Å². The smallest absolute Gasteiger partial charge is 0.328 e. The minimum atomic E-state index is -0.782. The number of rotatable bonds is 6. The molecule has 0 aromatic heterocycles. The van der Waals surface area contributed by atoms with Gasteiger partial charge in [-0.2, -0.15) is 0 Å². The topological polar surface area (TPSA) is 64.6 Å². The van der Waals surface area contributed by atoms with Crippen LogP contribution in [-0.2, 0) is 14.3 Å². The fourth-order valence-electron chi connectivity index (χ4n) is 1.68. The number of hydrogen-bond acceptors (Lipinski definition) is 4. The van der Waals surface area contributed by atoms with E-state index in [4.69, 9.17) is 16.3 Å². The number of methoxy groups -OCH3 is 1. The van der Waals surface area contributed by atoms with Crippen LogP contribution in [0.3, 0.4) is 0 Å². The molecule has 0 heterocycles. The van der Waals surface area contributed by atoms with Crippen LogP contribution in [0.5, 0.6) is 5.75 Å². The van der Waals surface area contributed by atoms with Crippen LogP contribution < -0.4 is 10.1 Å². The number of carbonyl (C=O) groups is 2. The van der Waals surface area contributed by atoms with Crippen LogP contribution in [0.25, 0.3) is 0 Å². The van der Waals surface area contributed by atoms with Crippen molar-refractivity contribution in [2.45, 2.75) is 32.9 Å². The van der Waals surface area contributed by atoms with Gasteiger partial charge in [0, 0.05) is 0 Å². The molecule has 0 fully saturated rings. The van der Waals surface area contributed by atoms with Crippen molar-refractivity contribution in [1.82, 2.24) is 5.32 Å². The summed E-state index contributed by atoms with van der Waals surface area (Å²) in [6.07, 6.45) is -0.782. The van der Waals surface area contributed by atoms with Crippen molar-refractivity contribution in [3.63, 3.8) is 0 Å². The number of ether oxygens (including phenoxy) is 2. The Bertz CT molecular complexity index is 504. The lowest BCUT2D eigenvalue weighted by Crippen LogP contribution is -2.49. The van der Waals surface area contributed by atoms with E-state index in [0.717, 1.165) is 0 Å². The zero-order valence-corrected chi connectivity index (χ0v) is 13.3. The molecule has 1 N–H and O–H groups in total. The molecule has 21 heavy (non-hydrogen) atoms. The summed E-state index contributed by atoms with van der Waals surface area (Å²) in [5.74, 6) is -0.558. The van der Waals surface area contributed by atoms with Crippen molar-refractivity contribution in [2.24, 2.45) is 5.92 Å². The Hall–Kier alpha value is -1.75. The average Bonchev–Trinajstić information content (AvgIpc) is 2.45. The minimum Gasteiger partial charge on any atom is -0.479 e. The lowest BCUT2D eigenvalue weighted by atomic mass is 10.0. The molecule has 5 nitrogen and oxygen atoms in total. The molecule has 1 rings (SSSR count). The fraction of sp³-hybridized carbons (Fsp3) is 0.467. The third-order valence-corrected chi connectivity index (χ3v) is 3.24. The van der Waals surface area contributed by atoms with E-state index in [1.807, 2.05) is 13.8 Å². The van der Waals surface area contributed by atoms with Gasteiger partial charge >= 0.3 is 5.97 Å². The van der Waals surface area contributed by atoms with E-state index in [0.29, 0.717) is 10.8 Å². The van der Waals surface area contributed by atoms with Crippen molar-refractivity contribution < 1.29 is 19.1 Å². The molecular formula is C15H20ClNO4. The monoisotopic (exact) mass is 313 g/mol. The van der Waals surface area contributed by atoms with Gasteiger partial charge in [-0.25, -0.2) is 4.79 Å². The van der Waals surface area contributed by atoms with Crippen molar-refractivity contribution in [1.29, 1.82) is 0 Å². The van der Waals surface area contributed by atoms with E-state index in [9.17, 15) is 9.59 Å². The quantitative estimate of drug-likeness (QED) is 0.819. The first kappa shape index (κ1) is 17.3. The molecule has 2 unspecified atom stereocenters. The third-order valence-electron chi connectivity index (χ3n) is 2.93. The number of carbonyl (C=O) groups excluding carboxylic acids is 2. The summed E-state index contributed by atoms with van der Waals surface area (Å²) < 4.78 is 10.2. The number of esters is 1. The standard InChI is InChI=1S/C15H20ClNO4/c1-9(2)13(15(19)20-4)17-14(18)10(3)21-12-8-6-5-7-11(12)16/h5-10,13H,1-4H3,(H,17,18). The summed E-state index contributed by atoms with van der Waals surface area (Å²) in [5.41, 5.74) is 0. The summed E-state index contributed by atoms with van der Waals surface area (Å²) in [5, 5.41) is 3.05. The van der Waals surface area contributed by atoms with Gasteiger partial charge in [-0.05, 0) is 25.0 Å². The van der Waals surface area contributed by atoms with Gasteiger partial charge in [0.2, 0.25) is 0 Å². The van der Waals surface area contributed by atoms with Crippen LogP contribution in [0.4, 0.5) is 0 Å². The Labute approximate surface area is 129 Å². The maximum Gasteiger partial charge on any atom is 0.328 e. The second-order valence-corrected chi connectivity index (χ2v) is 5.35. The van der Waals surface area contributed by atoms with Gasteiger partial charge in [0.05, 0.1) is 12.1 Å². The van der Waals surface area contributed by atoms with Crippen LogP contribution in [-0.4, -0.2) is 31.1 Å². The Balaban J connectivity index is 2.70. The average molecular weight is 314 g/mol. The van der Waals surface area contributed by atoms with E-state index < -0.39 is 24.0 Å². The van der Waals surface area contributed by atoms with Gasteiger partial charge in [0.25, 0.3) is 5.91 Å². The minimum absolute atomic E-state index is 0.0890. The van der Waals surface area contributed by atoms with Gasteiger partial charge in [-0.1, -0.05) is 37.6 Å². The molecule has 1 aromatic rings. The van der Waals surface area contributed by atoms with Gasteiger partial charge in [0.15, 0.2) is 6.10 Å². The summed E-state index contributed by atoms with van der Waals surface area (Å²) >= 11 is 5.97. The summed E-state index contributed by atoms with van der Waals surface area (Å²) in [4.78, 5) is 23.7. The number of para-hydroxylation sites is 1. The van der Waals surface area contributed by atoms with Gasteiger partial charge < -0.3 is 14.8 Å². The molecule has 1 aromatic carbocycles. The summed E-state index contributed by atoms with van der Waals surface area (Å²) in [7, 11) is 1.29. The molecule has 1 amide bonds. The third kappa shape index (κ3) is 4.93. The van der Waals surface area contributed by atoms with Gasteiger partial charge in [-0.3, -0.25) is 4.79 Å². The summed E-state index contributed by atoms with van der Waals surface area (Å²) in [6, 6.07) is 6.17. The second kappa shape index (κ2) is 7.88. The predicted octanol–water partition coefficient (Wildman–Crippen LogP) is 2.42. The van der Waals surface area contributed by atoms with E-state index in [-0.39, 0.29) is 5.92 Å². The molecule has 0 aliphatic heterocycles. The Kier molecular flexibility index (Phi) is 6.49. The van der Waals surface area contributed by atoms with E-state index in [1.54, 1.807) is 31.2 Å². The molecule has 6 heteroatoms. The maximum atomic E-state index is 12.1. The van der Waals surface area contributed by atoms with Crippen molar-refractivity contribution in [3.8, 4) is 5.75 Å². The highest BCUT2D eigenvalue weighted by Gasteiger charge is 2.27. The molecular weight excluding hydrogens is 294 g/mol. The highest BCUT2D eigenvalue weighted by atomic mass is 35.5. The van der Waals surface area contributed by atoms with Gasteiger partial charge in [0.1, 0.15) is 11.8 Å². The molecule has 0 spiro atoms. The number of hydrogen-bond donors (Lipinski definition) is 1. The SMILES string of the molecule is COC(=O)C(NC(=O)C(C)Oc1ccccc1Cl)C(C)C. The van der Waals surface area contributed by atoms with Crippen LogP contribution in [0.15, 0.2) is 24.3 Å². The number of halogens is 1. The number of nitrogens with one attached hydrogen (secondary N) is 1. The molecule has 2 atom stereocenters. The fourth-order valence-corrected chi connectivity index (χ4v) is 1.86. The lowest BCUT2D eigenvalue weighted by molar-refractivity contribution is -0.147. The molecule has 0 aliphatic carbocycles.